The van der Waals surface area contributed by atoms with E-state index in [0.717, 1.165) is 12.8 Å². The minimum absolute atomic E-state index is 1.06. The van der Waals surface area contributed by atoms with Gasteiger partial charge in [0.2, 0.25) is 0 Å². The molecule has 0 radical (unpaired) electrons. The van der Waals surface area contributed by atoms with Crippen LogP contribution in [0.15, 0.2) is 60.3 Å². The van der Waals surface area contributed by atoms with Gasteiger partial charge in [0, 0.05) is 0 Å². The monoisotopic (exact) mass is 172 g/mol. The summed E-state index contributed by atoms with van der Waals surface area (Å²) in [6, 6.07) is 0. The molecule has 1 rings (SSSR count). The molecule has 0 aliphatic heterocycles. The lowest BCUT2D eigenvalue weighted by Crippen LogP contribution is -1.72. The van der Waals surface area contributed by atoms with Crippen LogP contribution in [-0.2, 0) is 0 Å². The van der Waals surface area contributed by atoms with Crippen LogP contribution in [-0.4, -0.2) is 0 Å². The van der Waals surface area contributed by atoms with Gasteiger partial charge in [0.05, 0.1) is 0 Å². The number of hydrogen-bond acceptors (Lipinski definition) is 0. The van der Waals surface area contributed by atoms with Gasteiger partial charge in [-0.3, -0.25) is 0 Å². The molecule has 0 bridgehead atoms. The van der Waals surface area contributed by atoms with E-state index in [1.165, 1.54) is 11.1 Å². The fourth-order valence-electron chi connectivity index (χ4n) is 1.31. The molecule has 0 saturated carbocycles. The van der Waals surface area contributed by atoms with Gasteiger partial charge < -0.3 is 0 Å². The highest BCUT2D eigenvalue weighted by molar-refractivity contribution is 5.32. The van der Waals surface area contributed by atoms with Crippen molar-refractivity contribution in [2.75, 3.05) is 0 Å². The van der Waals surface area contributed by atoms with Crippen molar-refractivity contribution in [2.24, 2.45) is 0 Å². The summed E-state index contributed by atoms with van der Waals surface area (Å²) < 4.78 is 0. The van der Waals surface area contributed by atoms with Crippen LogP contribution >= 0.6 is 0 Å². The third kappa shape index (κ3) is 3.75. The van der Waals surface area contributed by atoms with Crippen molar-refractivity contribution in [3.8, 4) is 0 Å². The van der Waals surface area contributed by atoms with Gasteiger partial charge in [-0.1, -0.05) is 60.3 Å². The Morgan fingerprint density at radius 2 is 2.23 bits per heavy atom. The second kappa shape index (κ2) is 5.36. The second-order valence-electron chi connectivity index (χ2n) is 3.21. The molecule has 1 aliphatic carbocycles. The van der Waals surface area contributed by atoms with Crippen LogP contribution < -0.4 is 0 Å². The highest BCUT2D eigenvalue weighted by Gasteiger charge is 1.99. The first-order chi connectivity index (χ1) is 6.33. The molecule has 13 heavy (non-hydrogen) atoms. The number of allylic oxidation sites excluding steroid dienone is 9. The molecule has 0 heteroatoms. The Morgan fingerprint density at radius 1 is 1.38 bits per heavy atom. The molecule has 0 aromatic rings. The first-order valence-corrected chi connectivity index (χ1v) is 4.63. The van der Waals surface area contributed by atoms with Gasteiger partial charge >= 0.3 is 0 Å². The van der Waals surface area contributed by atoms with Gasteiger partial charge in [-0.2, -0.15) is 0 Å². The van der Waals surface area contributed by atoms with E-state index < -0.39 is 0 Å². The average Bonchev–Trinajstić information content (AvgIpc) is 2.51. The van der Waals surface area contributed by atoms with Crippen LogP contribution in [0.3, 0.4) is 0 Å². The largest absolute Gasteiger partial charge is 0.0991 e. The first kappa shape index (κ1) is 9.79. The van der Waals surface area contributed by atoms with Gasteiger partial charge in [-0.05, 0) is 19.8 Å². The Bertz CT molecular complexity index is 285. The van der Waals surface area contributed by atoms with Crippen LogP contribution in [0.2, 0.25) is 0 Å². The maximum atomic E-state index is 3.61. The van der Waals surface area contributed by atoms with Crippen molar-refractivity contribution in [3.05, 3.63) is 60.3 Å². The fraction of sp³-hybridized carbons (Fsp3) is 0.231. The van der Waals surface area contributed by atoms with E-state index in [1.807, 2.05) is 12.2 Å². The van der Waals surface area contributed by atoms with E-state index >= 15 is 0 Å². The molecule has 0 heterocycles. The summed E-state index contributed by atoms with van der Waals surface area (Å²) in [6.07, 6.45) is 16.7. The predicted octanol–water partition coefficient (Wildman–Crippen LogP) is 3.95. The summed E-state index contributed by atoms with van der Waals surface area (Å²) in [5, 5.41) is 0. The van der Waals surface area contributed by atoms with E-state index in [4.69, 9.17) is 0 Å². The van der Waals surface area contributed by atoms with Crippen LogP contribution in [0.1, 0.15) is 19.8 Å². The van der Waals surface area contributed by atoms with Crippen LogP contribution in [0.4, 0.5) is 0 Å². The summed E-state index contributed by atoms with van der Waals surface area (Å²) >= 11 is 0. The Morgan fingerprint density at radius 3 is 2.85 bits per heavy atom. The molecule has 0 fully saturated rings. The van der Waals surface area contributed by atoms with Crippen molar-refractivity contribution >= 4 is 0 Å². The molecule has 0 atom stereocenters. The molecular formula is C13H16. The third-order valence-electron chi connectivity index (χ3n) is 1.99. The lowest BCUT2D eigenvalue weighted by Gasteiger charge is -1.92. The molecule has 0 saturated heterocycles. The summed E-state index contributed by atoms with van der Waals surface area (Å²) in [7, 11) is 0. The molecule has 1 aliphatic rings. The fourth-order valence-corrected chi connectivity index (χ4v) is 1.31. The van der Waals surface area contributed by atoms with E-state index in [9.17, 15) is 0 Å². The molecule has 0 aromatic carbocycles. The zero-order valence-electron chi connectivity index (χ0n) is 8.16. The predicted molar refractivity (Wildman–Crippen MR) is 59.6 cm³/mol. The van der Waals surface area contributed by atoms with E-state index in [1.54, 1.807) is 6.08 Å². The molecule has 0 spiro atoms. The zero-order valence-corrected chi connectivity index (χ0v) is 8.16. The van der Waals surface area contributed by atoms with Crippen LogP contribution in [0, 0.1) is 0 Å². The van der Waals surface area contributed by atoms with Crippen molar-refractivity contribution < 1.29 is 0 Å². The summed E-state index contributed by atoms with van der Waals surface area (Å²) in [6.45, 7) is 5.75. The maximum absolute atomic E-state index is 3.61. The molecule has 68 valence electrons. The molecule has 0 aromatic heterocycles. The minimum Gasteiger partial charge on any atom is -0.0991 e. The van der Waals surface area contributed by atoms with Crippen molar-refractivity contribution in [2.45, 2.75) is 19.8 Å². The normalized spacial score (nSPS) is 16.7. The standard InChI is InChI=1S/C13H16/c1-3-4-5-6-7-8-13-10-9-12(2)11-13/h3-7,9,11H,1,8,10H2,2H3/b5-4-,7-6-. The third-order valence-corrected chi connectivity index (χ3v) is 1.99. The quantitative estimate of drug-likeness (QED) is 0.563. The smallest absolute Gasteiger partial charge is 0.0127 e. The second-order valence-corrected chi connectivity index (χ2v) is 3.21. The average molecular weight is 172 g/mol. The lowest BCUT2D eigenvalue weighted by molar-refractivity contribution is 1.13. The van der Waals surface area contributed by atoms with E-state index in [-0.39, 0.29) is 0 Å². The Labute approximate surface area is 80.7 Å². The van der Waals surface area contributed by atoms with Gasteiger partial charge in [0.1, 0.15) is 0 Å². The first-order valence-electron chi connectivity index (χ1n) is 4.63. The Balaban J connectivity index is 2.28. The van der Waals surface area contributed by atoms with Crippen LogP contribution in [0.25, 0.3) is 0 Å². The summed E-state index contributed by atoms with van der Waals surface area (Å²) in [4.78, 5) is 0. The van der Waals surface area contributed by atoms with Gasteiger partial charge in [0.25, 0.3) is 0 Å². The molecule has 0 nitrogen and oxygen atoms in total. The van der Waals surface area contributed by atoms with Gasteiger partial charge in [0.15, 0.2) is 0 Å². The lowest BCUT2D eigenvalue weighted by atomic mass is 10.1. The molecule has 0 unspecified atom stereocenters. The highest BCUT2D eigenvalue weighted by atomic mass is 14.1. The molecule has 0 N–H and O–H groups in total. The minimum atomic E-state index is 1.06. The van der Waals surface area contributed by atoms with E-state index in [0.29, 0.717) is 0 Å². The molecule has 0 amide bonds. The topological polar surface area (TPSA) is 0 Å². The SMILES string of the molecule is C=C/C=C\C=C/CC1=CC(C)=CC1. The van der Waals surface area contributed by atoms with Gasteiger partial charge in [-0.15, -0.1) is 0 Å². The maximum Gasteiger partial charge on any atom is -0.0127 e. The Hall–Kier alpha value is -1.30. The number of hydrogen-bond donors (Lipinski definition) is 0. The number of rotatable bonds is 4. The molecular weight excluding hydrogens is 156 g/mol. The van der Waals surface area contributed by atoms with Crippen molar-refractivity contribution in [1.29, 1.82) is 0 Å². The van der Waals surface area contributed by atoms with Crippen molar-refractivity contribution in [3.63, 3.8) is 0 Å². The summed E-state index contributed by atoms with van der Waals surface area (Å²) in [5.41, 5.74) is 2.89. The zero-order chi connectivity index (χ0) is 9.52. The highest BCUT2D eigenvalue weighted by Crippen LogP contribution is 2.19. The van der Waals surface area contributed by atoms with Gasteiger partial charge in [-0.25, -0.2) is 0 Å². The van der Waals surface area contributed by atoms with Crippen molar-refractivity contribution in [1.82, 2.24) is 0 Å². The summed E-state index contributed by atoms with van der Waals surface area (Å²) in [5.74, 6) is 0. The van der Waals surface area contributed by atoms with Crippen LogP contribution in [0.5, 0.6) is 0 Å². The Kier molecular flexibility index (Phi) is 4.04. The van der Waals surface area contributed by atoms with E-state index in [2.05, 4.69) is 37.8 Å².